The predicted octanol–water partition coefficient (Wildman–Crippen LogP) is 4.00. The molecule has 156 valence electrons. The molecule has 0 saturated heterocycles. The van der Waals surface area contributed by atoms with Crippen molar-refractivity contribution in [3.05, 3.63) is 47.0 Å². The molecule has 1 fully saturated rings. The number of halogens is 1. The molecule has 1 amide bonds. The van der Waals surface area contributed by atoms with Crippen molar-refractivity contribution in [2.45, 2.75) is 45.2 Å². The van der Waals surface area contributed by atoms with Crippen molar-refractivity contribution in [2.24, 2.45) is 0 Å². The number of amides is 1. The van der Waals surface area contributed by atoms with Crippen LogP contribution in [0, 0.1) is 6.92 Å². The smallest absolute Gasteiger partial charge is 0.292 e. The number of furan rings is 1. The SMILES string of the molecule is Cc1cc2c(NC3(C)CC3)nc(C(=O)N3CCc4c(cccc4OCF)C3)nc2o1. The van der Waals surface area contributed by atoms with Crippen LogP contribution in [-0.4, -0.2) is 39.7 Å². The first kappa shape index (κ1) is 18.8. The second-order valence-electron chi connectivity index (χ2n) is 8.28. The molecular formula is C22H23FN4O3. The van der Waals surface area contributed by atoms with Crippen LogP contribution < -0.4 is 10.1 Å². The summed E-state index contributed by atoms with van der Waals surface area (Å²) in [5.41, 5.74) is 2.30. The molecule has 0 bridgehead atoms. The number of hydrogen-bond donors (Lipinski definition) is 1. The highest BCUT2D eigenvalue weighted by molar-refractivity contribution is 5.95. The molecule has 8 heteroatoms. The number of aryl methyl sites for hydroxylation is 1. The number of nitrogens with zero attached hydrogens (tertiary/aromatic N) is 3. The molecule has 1 aliphatic heterocycles. The summed E-state index contributed by atoms with van der Waals surface area (Å²) in [6.07, 6.45) is 2.71. The minimum atomic E-state index is -0.871. The highest BCUT2D eigenvalue weighted by atomic mass is 19.1. The van der Waals surface area contributed by atoms with Gasteiger partial charge >= 0.3 is 0 Å². The fraction of sp³-hybridized carbons (Fsp3) is 0.409. The zero-order valence-electron chi connectivity index (χ0n) is 17.0. The molecular weight excluding hydrogens is 387 g/mol. The van der Waals surface area contributed by atoms with Gasteiger partial charge in [0.15, 0.2) is 0 Å². The summed E-state index contributed by atoms with van der Waals surface area (Å²) in [5.74, 6) is 1.76. The maximum Gasteiger partial charge on any atom is 0.292 e. The van der Waals surface area contributed by atoms with E-state index in [1.807, 2.05) is 25.1 Å². The van der Waals surface area contributed by atoms with Crippen LogP contribution in [0.25, 0.3) is 11.1 Å². The highest BCUT2D eigenvalue weighted by Gasteiger charge is 2.38. The van der Waals surface area contributed by atoms with E-state index in [0.29, 0.717) is 36.8 Å². The fourth-order valence-electron chi connectivity index (χ4n) is 3.91. The van der Waals surface area contributed by atoms with Crippen LogP contribution in [0.5, 0.6) is 5.75 Å². The van der Waals surface area contributed by atoms with E-state index in [0.717, 1.165) is 35.1 Å². The van der Waals surface area contributed by atoms with E-state index < -0.39 is 6.86 Å². The summed E-state index contributed by atoms with van der Waals surface area (Å²) in [6, 6.07) is 7.38. The van der Waals surface area contributed by atoms with Crippen molar-refractivity contribution in [3.8, 4) is 5.75 Å². The number of anilines is 1. The summed E-state index contributed by atoms with van der Waals surface area (Å²) in [4.78, 5) is 23.9. The largest absolute Gasteiger partial charge is 0.463 e. The third-order valence-corrected chi connectivity index (χ3v) is 5.85. The van der Waals surface area contributed by atoms with Crippen LogP contribution in [0.4, 0.5) is 10.2 Å². The van der Waals surface area contributed by atoms with Gasteiger partial charge in [-0.1, -0.05) is 12.1 Å². The number of hydrogen-bond acceptors (Lipinski definition) is 6. The van der Waals surface area contributed by atoms with Gasteiger partial charge in [0.05, 0.1) is 5.39 Å². The lowest BCUT2D eigenvalue weighted by Gasteiger charge is -2.29. The molecule has 0 spiro atoms. The summed E-state index contributed by atoms with van der Waals surface area (Å²) in [7, 11) is 0. The lowest BCUT2D eigenvalue weighted by Crippen LogP contribution is -2.37. The van der Waals surface area contributed by atoms with Crippen molar-refractivity contribution in [2.75, 3.05) is 18.7 Å². The van der Waals surface area contributed by atoms with E-state index >= 15 is 0 Å². The summed E-state index contributed by atoms with van der Waals surface area (Å²) in [5, 5.41) is 4.24. The second kappa shape index (κ2) is 6.97. The number of aromatic nitrogens is 2. The molecule has 1 aromatic carbocycles. The number of fused-ring (bicyclic) bond motifs is 2. The maximum absolute atomic E-state index is 13.2. The molecule has 3 aromatic rings. The third kappa shape index (κ3) is 3.36. The average molecular weight is 410 g/mol. The Morgan fingerprint density at radius 2 is 2.20 bits per heavy atom. The molecule has 5 rings (SSSR count). The lowest BCUT2D eigenvalue weighted by atomic mass is 9.98. The number of carbonyl (C=O) groups excluding carboxylic acids is 1. The number of nitrogens with one attached hydrogen (secondary N) is 1. The molecule has 0 radical (unpaired) electrons. The average Bonchev–Trinajstić information content (AvgIpc) is 3.33. The van der Waals surface area contributed by atoms with E-state index in [4.69, 9.17) is 9.15 Å². The number of rotatable bonds is 5. The molecule has 1 aliphatic carbocycles. The zero-order chi connectivity index (χ0) is 20.9. The zero-order valence-corrected chi connectivity index (χ0v) is 17.0. The molecule has 0 atom stereocenters. The summed E-state index contributed by atoms with van der Waals surface area (Å²) in [6.45, 7) is 4.00. The van der Waals surface area contributed by atoms with Gasteiger partial charge in [-0.2, -0.15) is 4.98 Å². The Bertz CT molecular complexity index is 1140. The van der Waals surface area contributed by atoms with Crippen molar-refractivity contribution >= 4 is 22.8 Å². The van der Waals surface area contributed by atoms with Gasteiger partial charge in [0.2, 0.25) is 18.4 Å². The number of alkyl halides is 1. The van der Waals surface area contributed by atoms with Crippen LogP contribution in [0.2, 0.25) is 0 Å². The Morgan fingerprint density at radius 1 is 1.37 bits per heavy atom. The van der Waals surface area contributed by atoms with E-state index in [2.05, 4.69) is 22.2 Å². The topological polar surface area (TPSA) is 80.5 Å². The van der Waals surface area contributed by atoms with Gasteiger partial charge in [0.1, 0.15) is 17.3 Å². The van der Waals surface area contributed by atoms with Gasteiger partial charge in [-0.15, -0.1) is 0 Å². The lowest BCUT2D eigenvalue weighted by molar-refractivity contribution is 0.0720. The van der Waals surface area contributed by atoms with Crippen LogP contribution in [-0.2, 0) is 13.0 Å². The van der Waals surface area contributed by atoms with Gasteiger partial charge < -0.3 is 19.4 Å². The van der Waals surface area contributed by atoms with Crippen LogP contribution in [0.1, 0.15) is 47.3 Å². The van der Waals surface area contributed by atoms with Crippen molar-refractivity contribution < 1.29 is 18.3 Å². The predicted molar refractivity (Wildman–Crippen MR) is 109 cm³/mol. The normalized spacial score (nSPS) is 17.0. The molecule has 0 unspecified atom stereocenters. The highest BCUT2D eigenvalue weighted by Crippen LogP contribution is 2.39. The quantitative estimate of drug-likeness (QED) is 0.685. The molecule has 7 nitrogen and oxygen atoms in total. The van der Waals surface area contributed by atoms with Gasteiger partial charge in [-0.3, -0.25) is 4.79 Å². The number of carbonyl (C=O) groups is 1. The fourth-order valence-corrected chi connectivity index (χ4v) is 3.91. The monoisotopic (exact) mass is 410 g/mol. The standard InChI is InChI=1S/C22H23FN4O3/c1-13-10-16-18(26-22(2)7-8-22)24-19(25-20(16)30-13)21(28)27-9-6-15-14(11-27)4-3-5-17(15)29-12-23/h3-5,10H,6-9,11-12H2,1-2H3,(H,24,25,26). The minimum Gasteiger partial charge on any atom is -0.463 e. The molecule has 2 aromatic heterocycles. The van der Waals surface area contributed by atoms with Crippen LogP contribution in [0.3, 0.4) is 0 Å². The first-order chi connectivity index (χ1) is 14.5. The first-order valence-electron chi connectivity index (χ1n) is 10.1. The van der Waals surface area contributed by atoms with Gasteiger partial charge in [-0.25, -0.2) is 9.37 Å². The maximum atomic E-state index is 13.2. The molecule has 1 saturated carbocycles. The Labute approximate surface area is 173 Å². The van der Waals surface area contributed by atoms with Crippen molar-refractivity contribution in [3.63, 3.8) is 0 Å². The molecule has 3 heterocycles. The Balaban J connectivity index is 1.46. The van der Waals surface area contributed by atoms with Crippen molar-refractivity contribution in [1.82, 2.24) is 14.9 Å². The Kier molecular flexibility index (Phi) is 4.38. The van der Waals surface area contributed by atoms with Crippen LogP contribution in [0.15, 0.2) is 28.7 Å². The number of benzene rings is 1. The third-order valence-electron chi connectivity index (χ3n) is 5.85. The van der Waals surface area contributed by atoms with E-state index in [9.17, 15) is 9.18 Å². The second-order valence-corrected chi connectivity index (χ2v) is 8.28. The van der Waals surface area contributed by atoms with Gasteiger partial charge in [-0.05, 0) is 50.8 Å². The van der Waals surface area contributed by atoms with E-state index in [1.165, 1.54) is 0 Å². The Morgan fingerprint density at radius 3 is 2.97 bits per heavy atom. The van der Waals surface area contributed by atoms with Gasteiger partial charge in [0.25, 0.3) is 5.91 Å². The molecule has 1 N–H and O–H groups in total. The Hall–Kier alpha value is -3.16. The molecule has 30 heavy (non-hydrogen) atoms. The molecule has 2 aliphatic rings. The van der Waals surface area contributed by atoms with Gasteiger partial charge in [0, 0.05) is 24.2 Å². The van der Waals surface area contributed by atoms with E-state index in [1.54, 1.807) is 11.0 Å². The van der Waals surface area contributed by atoms with Crippen molar-refractivity contribution in [1.29, 1.82) is 0 Å². The van der Waals surface area contributed by atoms with Crippen LogP contribution >= 0.6 is 0 Å². The minimum absolute atomic E-state index is 0.00363. The van der Waals surface area contributed by atoms with E-state index in [-0.39, 0.29) is 17.3 Å². The summed E-state index contributed by atoms with van der Waals surface area (Å²) < 4.78 is 23.4. The number of ether oxygens (including phenoxy) is 1. The first-order valence-corrected chi connectivity index (χ1v) is 10.1. The summed E-state index contributed by atoms with van der Waals surface area (Å²) >= 11 is 0.